The number of rotatable bonds is 5. The zero-order valence-electron chi connectivity index (χ0n) is 12.3. The van der Waals surface area contributed by atoms with Crippen molar-refractivity contribution in [2.45, 2.75) is 18.4 Å². The highest BCUT2D eigenvalue weighted by atomic mass is 16.7. The van der Waals surface area contributed by atoms with Crippen LogP contribution in [0.25, 0.3) is 0 Å². The van der Waals surface area contributed by atoms with E-state index in [4.69, 9.17) is 25.4 Å². The van der Waals surface area contributed by atoms with E-state index in [0.29, 0.717) is 29.8 Å². The molecule has 0 aliphatic carbocycles. The molecule has 3 heterocycles. The van der Waals surface area contributed by atoms with Crippen LogP contribution in [-0.4, -0.2) is 37.3 Å². The van der Waals surface area contributed by atoms with Gasteiger partial charge in [0.15, 0.2) is 12.0 Å². The molecular formula is C13H18N6O3. The maximum atomic E-state index is 5.97. The molecule has 9 nitrogen and oxygen atoms in total. The molecule has 3 rings (SSSR count). The van der Waals surface area contributed by atoms with Crippen molar-refractivity contribution in [1.29, 1.82) is 0 Å². The van der Waals surface area contributed by atoms with Gasteiger partial charge in [-0.15, -0.1) is 0 Å². The average Bonchev–Trinajstić information content (AvgIpc) is 3.12. The number of nitrogens with one attached hydrogen (secondary N) is 1. The molecule has 0 amide bonds. The van der Waals surface area contributed by atoms with E-state index in [2.05, 4.69) is 15.4 Å². The number of aliphatic imine (C=N–C) groups is 2. The van der Waals surface area contributed by atoms with Gasteiger partial charge in [-0.05, 0) is 12.1 Å². The van der Waals surface area contributed by atoms with Gasteiger partial charge in [-0.2, -0.15) is 10.4 Å². The zero-order chi connectivity index (χ0) is 15.7. The Morgan fingerprint density at radius 2 is 2.18 bits per heavy atom. The monoisotopic (exact) mass is 306 g/mol. The minimum atomic E-state index is -0.942. The Kier molecular flexibility index (Phi) is 3.61. The maximum Gasteiger partial charge on any atom is 0.245 e. The minimum absolute atomic E-state index is 0.291. The van der Waals surface area contributed by atoms with Crippen molar-refractivity contribution < 1.29 is 13.9 Å². The van der Waals surface area contributed by atoms with Gasteiger partial charge in [0.05, 0.1) is 6.26 Å². The first kappa shape index (κ1) is 14.6. The van der Waals surface area contributed by atoms with Crippen molar-refractivity contribution in [3.63, 3.8) is 0 Å². The smallest absolute Gasteiger partial charge is 0.245 e. The highest BCUT2D eigenvalue weighted by Gasteiger charge is 2.46. The summed E-state index contributed by atoms with van der Waals surface area (Å²) in [7, 11) is 3.12. The number of hydrogen-bond acceptors (Lipinski definition) is 9. The first-order valence-electron chi connectivity index (χ1n) is 6.66. The normalized spacial score (nSPS) is 24.1. The number of guanidine groups is 1. The summed E-state index contributed by atoms with van der Waals surface area (Å²) in [5, 5.41) is 1.56. The molecule has 1 aromatic heterocycles. The molecule has 0 saturated heterocycles. The van der Waals surface area contributed by atoms with E-state index in [9.17, 15) is 0 Å². The van der Waals surface area contributed by atoms with Gasteiger partial charge in [0.2, 0.25) is 5.96 Å². The van der Waals surface area contributed by atoms with E-state index in [0.717, 1.165) is 0 Å². The molecule has 5 N–H and O–H groups in total. The Morgan fingerprint density at radius 1 is 1.41 bits per heavy atom. The second-order valence-corrected chi connectivity index (χ2v) is 4.91. The molecule has 0 spiro atoms. The van der Waals surface area contributed by atoms with E-state index in [1.54, 1.807) is 37.6 Å². The van der Waals surface area contributed by atoms with Crippen LogP contribution in [0.1, 0.15) is 12.2 Å². The summed E-state index contributed by atoms with van der Waals surface area (Å²) in [4.78, 5) is 8.80. The van der Waals surface area contributed by atoms with Crippen molar-refractivity contribution in [3.05, 3.63) is 36.1 Å². The van der Waals surface area contributed by atoms with E-state index in [-0.39, 0.29) is 0 Å². The predicted octanol–water partition coefficient (Wildman–Crippen LogP) is -0.211. The third-order valence-corrected chi connectivity index (χ3v) is 3.49. The summed E-state index contributed by atoms with van der Waals surface area (Å²) in [6.07, 6.45) is 2.99. The van der Waals surface area contributed by atoms with Gasteiger partial charge >= 0.3 is 0 Å². The number of fused-ring (bicyclic) bond motifs is 1. The van der Waals surface area contributed by atoms with Crippen LogP contribution in [0.5, 0.6) is 0 Å². The Morgan fingerprint density at radius 3 is 2.82 bits per heavy atom. The summed E-state index contributed by atoms with van der Waals surface area (Å²) in [6, 6.07) is 3.59. The summed E-state index contributed by atoms with van der Waals surface area (Å²) in [5.41, 5.74) is 14.0. The number of methoxy groups -OCH3 is 2. The lowest BCUT2D eigenvalue weighted by molar-refractivity contribution is -0.122. The van der Waals surface area contributed by atoms with Gasteiger partial charge < -0.3 is 25.4 Å². The number of nitrogens with two attached hydrogens (primary N) is 2. The van der Waals surface area contributed by atoms with Gasteiger partial charge in [0, 0.05) is 26.7 Å². The highest BCUT2D eigenvalue weighted by Crippen LogP contribution is 2.35. The van der Waals surface area contributed by atoms with Crippen LogP contribution in [0.2, 0.25) is 0 Å². The van der Waals surface area contributed by atoms with Crippen molar-refractivity contribution in [3.8, 4) is 0 Å². The second kappa shape index (κ2) is 5.44. The van der Waals surface area contributed by atoms with Crippen LogP contribution in [0.3, 0.4) is 0 Å². The van der Waals surface area contributed by atoms with Gasteiger partial charge in [-0.1, -0.05) is 0 Å². The highest BCUT2D eigenvalue weighted by molar-refractivity contribution is 6.04. The van der Waals surface area contributed by atoms with Crippen molar-refractivity contribution >= 4 is 11.8 Å². The fourth-order valence-electron chi connectivity index (χ4n) is 2.42. The van der Waals surface area contributed by atoms with Crippen LogP contribution in [0.15, 0.2) is 44.7 Å². The van der Waals surface area contributed by atoms with Crippen LogP contribution in [-0.2, 0) is 15.1 Å². The van der Waals surface area contributed by atoms with Crippen LogP contribution in [0.4, 0.5) is 0 Å². The van der Waals surface area contributed by atoms with Gasteiger partial charge in [-0.3, -0.25) is 0 Å². The third kappa shape index (κ3) is 2.34. The molecule has 0 radical (unpaired) electrons. The first-order valence-corrected chi connectivity index (χ1v) is 6.66. The first-order chi connectivity index (χ1) is 10.6. The Labute approximate surface area is 127 Å². The standard InChI is InChI=1S/C13H18N6O3/c1-20-11(21-2)7-13(8-4-3-5-22-8)17-12-16-9(14)6-10(15)19(12)18-13/h3-6,11,18H,7,15H2,1-2H3,(H2,14,16,17). The van der Waals surface area contributed by atoms with Gasteiger partial charge in [0.25, 0.3) is 0 Å². The maximum absolute atomic E-state index is 5.97. The summed E-state index contributed by atoms with van der Waals surface area (Å²) in [6.45, 7) is 0. The molecule has 22 heavy (non-hydrogen) atoms. The van der Waals surface area contributed by atoms with E-state index in [1.165, 1.54) is 0 Å². The topological polar surface area (TPSA) is 124 Å². The molecular weight excluding hydrogens is 288 g/mol. The Hall–Kier alpha value is -2.36. The predicted molar refractivity (Wildman–Crippen MR) is 79.1 cm³/mol. The molecule has 1 unspecified atom stereocenters. The molecule has 0 saturated carbocycles. The fraction of sp³-hybridized carbons (Fsp3) is 0.385. The average molecular weight is 306 g/mol. The van der Waals surface area contributed by atoms with Crippen molar-refractivity contribution in [2.24, 2.45) is 21.5 Å². The van der Waals surface area contributed by atoms with Crippen molar-refractivity contribution in [2.75, 3.05) is 14.2 Å². The quantitative estimate of drug-likeness (QED) is 0.643. The van der Waals surface area contributed by atoms with E-state index < -0.39 is 12.0 Å². The molecule has 0 fully saturated rings. The van der Waals surface area contributed by atoms with Gasteiger partial charge in [-0.25, -0.2) is 10.0 Å². The number of ether oxygens (including phenoxy) is 2. The van der Waals surface area contributed by atoms with Crippen molar-refractivity contribution in [1.82, 2.24) is 10.4 Å². The SMILES string of the molecule is COC(CC1(c2ccco2)N=C2N=C(N)C=C(N)N2N1)OC. The molecule has 2 aliphatic rings. The number of nitrogens with zero attached hydrogens (tertiary/aromatic N) is 3. The molecule has 118 valence electrons. The number of hydrogen-bond donors (Lipinski definition) is 3. The largest absolute Gasteiger partial charge is 0.465 e. The summed E-state index contributed by atoms with van der Waals surface area (Å²) >= 11 is 0. The number of furan rings is 1. The number of hydrazine groups is 1. The third-order valence-electron chi connectivity index (χ3n) is 3.49. The lowest BCUT2D eigenvalue weighted by atomic mass is 10.0. The zero-order valence-corrected chi connectivity index (χ0v) is 12.3. The molecule has 0 bridgehead atoms. The van der Waals surface area contributed by atoms with Gasteiger partial charge in [0.1, 0.15) is 17.4 Å². The summed E-state index contributed by atoms with van der Waals surface area (Å²) < 4.78 is 16.1. The molecule has 1 aromatic rings. The van der Waals surface area contributed by atoms with Crippen LogP contribution >= 0.6 is 0 Å². The van der Waals surface area contributed by atoms with Crippen LogP contribution in [0, 0.1) is 0 Å². The second-order valence-electron chi connectivity index (χ2n) is 4.91. The molecule has 0 aromatic carbocycles. The van der Waals surface area contributed by atoms with E-state index in [1.807, 2.05) is 6.07 Å². The number of amidine groups is 1. The Balaban J connectivity index is 2.01. The molecule has 9 heteroatoms. The minimum Gasteiger partial charge on any atom is -0.465 e. The fourth-order valence-corrected chi connectivity index (χ4v) is 2.42. The molecule has 1 atom stereocenters. The lowest BCUT2D eigenvalue weighted by Crippen LogP contribution is -2.50. The Bertz CT molecular complexity index is 630. The van der Waals surface area contributed by atoms with Crippen LogP contribution < -0.4 is 16.9 Å². The summed E-state index contributed by atoms with van der Waals surface area (Å²) in [5.74, 6) is 1.64. The molecule has 2 aliphatic heterocycles. The lowest BCUT2D eigenvalue weighted by Gasteiger charge is -2.30. The van der Waals surface area contributed by atoms with E-state index >= 15 is 0 Å².